The summed E-state index contributed by atoms with van der Waals surface area (Å²) in [5, 5.41) is 2.68. The lowest BCUT2D eigenvalue weighted by atomic mass is 10.1. The average Bonchev–Trinajstić information content (AvgIpc) is 2.66. The summed E-state index contributed by atoms with van der Waals surface area (Å²) in [7, 11) is 1.66. The molecule has 1 atom stereocenters. The fraction of sp³-hybridized carbons (Fsp3) is 0.350. The van der Waals surface area contributed by atoms with E-state index in [0.29, 0.717) is 25.3 Å². The van der Waals surface area contributed by atoms with Crippen LogP contribution in [0.5, 0.6) is 0 Å². The number of ether oxygens (including phenoxy) is 1. The number of halogens is 1. The van der Waals surface area contributed by atoms with Gasteiger partial charge in [0.2, 0.25) is 6.17 Å². The summed E-state index contributed by atoms with van der Waals surface area (Å²) in [5.41, 5.74) is 1.57. The highest BCUT2D eigenvalue weighted by molar-refractivity contribution is 5.81. The molecule has 2 aromatic carbocycles. The van der Waals surface area contributed by atoms with Crippen molar-refractivity contribution >= 4 is 5.91 Å². The van der Waals surface area contributed by atoms with Gasteiger partial charge in [-0.25, -0.2) is 4.39 Å². The monoisotopic (exact) mass is 344 g/mol. The second-order valence-corrected chi connectivity index (χ2v) is 5.82. The Kier molecular flexibility index (Phi) is 8.09. The van der Waals surface area contributed by atoms with Crippen molar-refractivity contribution in [1.29, 1.82) is 0 Å². The van der Waals surface area contributed by atoms with E-state index in [1.165, 1.54) is 5.56 Å². The third-order valence-corrected chi connectivity index (χ3v) is 3.91. The molecule has 1 N–H and O–H groups in total. The zero-order valence-electron chi connectivity index (χ0n) is 14.5. The Morgan fingerprint density at radius 1 is 1.08 bits per heavy atom. The molecule has 134 valence electrons. The van der Waals surface area contributed by atoms with Gasteiger partial charge >= 0.3 is 0 Å². The van der Waals surface area contributed by atoms with Crippen LogP contribution < -0.4 is 5.32 Å². The number of hydrogen-bond donors (Lipinski definition) is 1. The third kappa shape index (κ3) is 6.64. The molecular weight excluding hydrogens is 319 g/mol. The first kappa shape index (κ1) is 19.1. The Morgan fingerprint density at radius 2 is 1.72 bits per heavy atom. The number of amides is 1. The van der Waals surface area contributed by atoms with Crippen molar-refractivity contribution in [3.8, 4) is 0 Å². The Balaban J connectivity index is 1.82. The molecule has 0 saturated carbocycles. The molecule has 5 heteroatoms. The molecule has 0 saturated heterocycles. The summed E-state index contributed by atoms with van der Waals surface area (Å²) in [5.74, 6) is -0.599. The second kappa shape index (κ2) is 10.6. The standard InChI is InChI=1S/C20H25FN2O2/c1-25-15-14-23(16-17-8-4-2-5-9-17)13-12-22-20(24)19(21)18-10-6-3-7-11-18/h2-11,19H,12-16H2,1H3,(H,22,24). The van der Waals surface area contributed by atoms with Gasteiger partial charge in [-0.15, -0.1) is 0 Å². The van der Waals surface area contributed by atoms with Crippen molar-refractivity contribution in [2.45, 2.75) is 12.7 Å². The number of carbonyl (C=O) groups excluding carboxylic acids is 1. The summed E-state index contributed by atoms with van der Waals surface area (Å²) in [6.45, 7) is 3.14. The molecule has 4 nitrogen and oxygen atoms in total. The molecule has 0 aliphatic heterocycles. The average molecular weight is 344 g/mol. The van der Waals surface area contributed by atoms with Crippen LogP contribution in [-0.2, 0) is 16.1 Å². The van der Waals surface area contributed by atoms with Crippen LogP contribution in [0.4, 0.5) is 4.39 Å². The first-order valence-electron chi connectivity index (χ1n) is 8.42. The maximum absolute atomic E-state index is 14.2. The van der Waals surface area contributed by atoms with E-state index in [9.17, 15) is 9.18 Å². The van der Waals surface area contributed by atoms with E-state index in [2.05, 4.69) is 22.3 Å². The Morgan fingerprint density at radius 3 is 2.36 bits per heavy atom. The van der Waals surface area contributed by atoms with Gasteiger partial charge < -0.3 is 10.1 Å². The van der Waals surface area contributed by atoms with E-state index in [4.69, 9.17) is 4.74 Å². The molecule has 2 rings (SSSR count). The molecule has 0 fully saturated rings. The highest BCUT2D eigenvalue weighted by Crippen LogP contribution is 2.16. The quantitative estimate of drug-likeness (QED) is 0.720. The van der Waals surface area contributed by atoms with Crippen molar-refractivity contribution in [2.24, 2.45) is 0 Å². The fourth-order valence-corrected chi connectivity index (χ4v) is 2.53. The zero-order chi connectivity index (χ0) is 17.9. The van der Waals surface area contributed by atoms with Crippen molar-refractivity contribution in [2.75, 3.05) is 33.4 Å². The van der Waals surface area contributed by atoms with Crippen molar-refractivity contribution < 1.29 is 13.9 Å². The molecule has 0 aromatic heterocycles. The minimum Gasteiger partial charge on any atom is -0.383 e. The van der Waals surface area contributed by atoms with Crippen LogP contribution in [0.3, 0.4) is 0 Å². The van der Waals surface area contributed by atoms with Crippen LogP contribution in [0, 0.1) is 0 Å². The number of nitrogens with one attached hydrogen (secondary N) is 1. The zero-order valence-corrected chi connectivity index (χ0v) is 14.5. The maximum Gasteiger partial charge on any atom is 0.259 e. The molecular formula is C20H25FN2O2. The Bertz CT molecular complexity index is 622. The molecule has 0 aliphatic rings. The normalized spacial score (nSPS) is 12.1. The SMILES string of the molecule is COCCN(CCNC(=O)C(F)c1ccccc1)Cc1ccccc1. The summed E-state index contributed by atoms with van der Waals surface area (Å²) in [6.07, 6.45) is -1.64. The minimum atomic E-state index is -1.64. The predicted octanol–water partition coefficient (Wildman–Crippen LogP) is 2.96. The van der Waals surface area contributed by atoms with E-state index >= 15 is 0 Å². The third-order valence-electron chi connectivity index (χ3n) is 3.91. The minimum absolute atomic E-state index is 0.375. The van der Waals surface area contributed by atoms with E-state index < -0.39 is 12.1 Å². The fourth-order valence-electron chi connectivity index (χ4n) is 2.53. The summed E-state index contributed by atoms with van der Waals surface area (Å²) in [4.78, 5) is 14.1. The number of alkyl halides is 1. The molecule has 1 unspecified atom stereocenters. The van der Waals surface area contributed by atoms with Gasteiger partial charge in [-0.2, -0.15) is 0 Å². The molecule has 0 radical (unpaired) electrons. The highest BCUT2D eigenvalue weighted by Gasteiger charge is 2.18. The second-order valence-electron chi connectivity index (χ2n) is 5.82. The lowest BCUT2D eigenvalue weighted by molar-refractivity contribution is -0.126. The van der Waals surface area contributed by atoms with Gasteiger partial charge in [-0.1, -0.05) is 60.7 Å². The van der Waals surface area contributed by atoms with E-state index in [1.807, 2.05) is 18.2 Å². The topological polar surface area (TPSA) is 41.6 Å². The lowest BCUT2D eigenvalue weighted by Gasteiger charge is -2.22. The molecule has 0 heterocycles. The lowest BCUT2D eigenvalue weighted by Crippen LogP contribution is -2.37. The van der Waals surface area contributed by atoms with E-state index in [0.717, 1.165) is 13.1 Å². The highest BCUT2D eigenvalue weighted by atomic mass is 19.1. The molecule has 1 amide bonds. The first-order chi connectivity index (χ1) is 12.2. The number of rotatable bonds is 10. The Hall–Kier alpha value is -2.24. The van der Waals surface area contributed by atoms with Gasteiger partial charge in [0.1, 0.15) is 0 Å². The van der Waals surface area contributed by atoms with Crippen LogP contribution >= 0.6 is 0 Å². The first-order valence-corrected chi connectivity index (χ1v) is 8.42. The number of hydrogen-bond acceptors (Lipinski definition) is 3. The van der Waals surface area contributed by atoms with Crippen LogP contribution in [0.25, 0.3) is 0 Å². The number of nitrogens with zero attached hydrogens (tertiary/aromatic N) is 1. The van der Waals surface area contributed by atoms with Gasteiger partial charge in [0.05, 0.1) is 6.61 Å². The molecule has 2 aromatic rings. The number of benzene rings is 2. The summed E-state index contributed by atoms with van der Waals surface area (Å²) in [6, 6.07) is 18.6. The van der Waals surface area contributed by atoms with Gasteiger partial charge in [0, 0.05) is 33.3 Å². The van der Waals surface area contributed by atoms with Gasteiger partial charge in [-0.3, -0.25) is 9.69 Å². The molecule has 25 heavy (non-hydrogen) atoms. The summed E-state index contributed by atoms with van der Waals surface area (Å²) < 4.78 is 19.3. The van der Waals surface area contributed by atoms with Crippen LogP contribution in [0.15, 0.2) is 60.7 Å². The van der Waals surface area contributed by atoms with E-state index in [-0.39, 0.29) is 0 Å². The molecule has 0 aliphatic carbocycles. The van der Waals surface area contributed by atoms with Gasteiger partial charge in [-0.05, 0) is 11.1 Å². The van der Waals surface area contributed by atoms with Gasteiger partial charge in [0.25, 0.3) is 5.91 Å². The van der Waals surface area contributed by atoms with Crippen molar-refractivity contribution in [1.82, 2.24) is 10.2 Å². The van der Waals surface area contributed by atoms with E-state index in [1.54, 1.807) is 37.4 Å². The van der Waals surface area contributed by atoms with Crippen molar-refractivity contribution in [3.63, 3.8) is 0 Å². The maximum atomic E-state index is 14.2. The van der Waals surface area contributed by atoms with Crippen LogP contribution in [0.1, 0.15) is 17.3 Å². The summed E-state index contributed by atoms with van der Waals surface area (Å²) >= 11 is 0. The number of carbonyl (C=O) groups is 1. The van der Waals surface area contributed by atoms with Crippen molar-refractivity contribution in [3.05, 3.63) is 71.8 Å². The number of methoxy groups -OCH3 is 1. The molecule has 0 bridgehead atoms. The largest absolute Gasteiger partial charge is 0.383 e. The predicted molar refractivity (Wildman–Crippen MR) is 96.9 cm³/mol. The molecule has 0 spiro atoms. The van der Waals surface area contributed by atoms with Gasteiger partial charge in [0.15, 0.2) is 0 Å². The smallest absolute Gasteiger partial charge is 0.259 e. The van der Waals surface area contributed by atoms with Crippen LogP contribution in [-0.4, -0.2) is 44.2 Å². The Labute approximate surface area is 148 Å². The van der Waals surface area contributed by atoms with Crippen LogP contribution in [0.2, 0.25) is 0 Å².